The number of H-pyrrole nitrogens is 1. The Morgan fingerprint density at radius 2 is 1.91 bits per heavy atom. The first-order valence-corrected chi connectivity index (χ1v) is 11.2. The van der Waals surface area contributed by atoms with E-state index in [9.17, 15) is 4.39 Å². The molecule has 0 radical (unpaired) electrons. The van der Waals surface area contributed by atoms with E-state index < -0.39 is 0 Å². The van der Waals surface area contributed by atoms with Gasteiger partial charge in [0.05, 0.1) is 25.3 Å². The number of benzene rings is 2. The van der Waals surface area contributed by atoms with Crippen LogP contribution in [0.3, 0.4) is 0 Å². The van der Waals surface area contributed by atoms with Crippen LogP contribution in [-0.2, 0) is 11.3 Å². The van der Waals surface area contributed by atoms with Crippen LogP contribution in [0.5, 0.6) is 0 Å². The number of ether oxygens (including phenoxy) is 1. The lowest BCUT2D eigenvalue weighted by Gasteiger charge is -2.27. The molecule has 5 aromatic rings. The zero-order valence-corrected chi connectivity index (χ0v) is 18.6. The third-order valence-electron chi connectivity index (χ3n) is 5.89. The molecule has 0 bridgehead atoms. The average molecular weight is 459 g/mol. The van der Waals surface area contributed by atoms with E-state index in [-0.39, 0.29) is 5.82 Å². The van der Waals surface area contributed by atoms with Crippen molar-refractivity contribution in [3.8, 4) is 5.69 Å². The molecule has 0 spiro atoms. The molecule has 9 nitrogen and oxygen atoms in total. The van der Waals surface area contributed by atoms with Crippen molar-refractivity contribution < 1.29 is 9.13 Å². The van der Waals surface area contributed by atoms with Gasteiger partial charge in [-0.05, 0) is 36.8 Å². The van der Waals surface area contributed by atoms with Crippen LogP contribution in [0.15, 0.2) is 48.8 Å². The van der Waals surface area contributed by atoms with Gasteiger partial charge in [-0.2, -0.15) is 9.97 Å². The first-order chi connectivity index (χ1) is 16.7. The predicted molar refractivity (Wildman–Crippen MR) is 128 cm³/mol. The van der Waals surface area contributed by atoms with Crippen molar-refractivity contribution in [2.45, 2.75) is 13.5 Å². The van der Waals surface area contributed by atoms with Crippen molar-refractivity contribution >= 4 is 34.0 Å². The molecule has 10 heteroatoms. The van der Waals surface area contributed by atoms with Crippen molar-refractivity contribution in [2.24, 2.45) is 0 Å². The van der Waals surface area contributed by atoms with Gasteiger partial charge in [0.25, 0.3) is 0 Å². The SMILES string of the molecule is Cc1cccc(-n2cnc3c(NCc4nc5c(F)cccc5[nH]4)nc(N4CCOCC4)nc32)c1. The van der Waals surface area contributed by atoms with E-state index in [4.69, 9.17) is 14.7 Å². The lowest BCUT2D eigenvalue weighted by molar-refractivity contribution is 0.122. The maximum atomic E-state index is 14.1. The Morgan fingerprint density at radius 1 is 1.06 bits per heavy atom. The molecular weight excluding hydrogens is 435 g/mol. The minimum absolute atomic E-state index is 0.324. The van der Waals surface area contributed by atoms with Crippen molar-refractivity contribution in [1.29, 1.82) is 0 Å². The van der Waals surface area contributed by atoms with E-state index in [1.165, 1.54) is 6.07 Å². The number of anilines is 2. The number of aromatic amines is 1. The third-order valence-corrected chi connectivity index (χ3v) is 5.89. The minimum atomic E-state index is -0.351. The lowest BCUT2D eigenvalue weighted by atomic mass is 10.2. The minimum Gasteiger partial charge on any atom is -0.378 e. The van der Waals surface area contributed by atoms with Crippen molar-refractivity contribution in [3.63, 3.8) is 0 Å². The molecule has 6 rings (SSSR count). The Balaban J connectivity index is 1.40. The van der Waals surface area contributed by atoms with E-state index in [2.05, 4.69) is 44.2 Å². The standard InChI is InChI=1S/C24H23FN8O/c1-15-4-2-5-16(12-15)33-14-27-21-22(30-24(31-23(21)33)32-8-10-34-11-9-32)26-13-19-28-18-7-3-6-17(25)20(18)29-19/h2-7,12,14H,8-11,13H2,1H3,(H,28,29)(H,26,30,31). The average Bonchev–Trinajstić information content (AvgIpc) is 3.48. The number of nitrogens with one attached hydrogen (secondary N) is 2. The highest BCUT2D eigenvalue weighted by atomic mass is 19.1. The summed E-state index contributed by atoms with van der Waals surface area (Å²) in [5.74, 6) is 1.47. The summed E-state index contributed by atoms with van der Waals surface area (Å²) in [5.41, 5.74) is 4.47. The largest absolute Gasteiger partial charge is 0.378 e. The van der Waals surface area contributed by atoms with E-state index in [0.29, 0.717) is 72.6 Å². The second-order valence-electron chi connectivity index (χ2n) is 8.27. The summed E-state index contributed by atoms with van der Waals surface area (Å²) in [5, 5.41) is 3.34. The number of imidazole rings is 2. The smallest absolute Gasteiger partial charge is 0.229 e. The number of aromatic nitrogens is 6. The van der Waals surface area contributed by atoms with E-state index in [1.807, 2.05) is 16.7 Å². The molecule has 3 aromatic heterocycles. The van der Waals surface area contributed by atoms with Crippen molar-refractivity contribution in [3.05, 3.63) is 66.0 Å². The molecule has 0 unspecified atom stereocenters. The van der Waals surface area contributed by atoms with Gasteiger partial charge in [0.15, 0.2) is 22.8 Å². The maximum absolute atomic E-state index is 14.1. The number of halogens is 1. The van der Waals surface area contributed by atoms with Gasteiger partial charge in [0, 0.05) is 18.8 Å². The molecule has 2 N–H and O–H groups in total. The fourth-order valence-corrected chi connectivity index (χ4v) is 4.18. The molecule has 0 saturated carbocycles. The molecule has 172 valence electrons. The fourth-order valence-electron chi connectivity index (χ4n) is 4.18. The Bertz CT molecular complexity index is 1490. The topological polar surface area (TPSA) is 96.8 Å². The number of hydrogen-bond acceptors (Lipinski definition) is 7. The summed E-state index contributed by atoms with van der Waals surface area (Å²) in [7, 11) is 0. The molecule has 2 aromatic carbocycles. The van der Waals surface area contributed by atoms with Crippen LogP contribution in [0.1, 0.15) is 11.4 Å². The second kappa shape index (κ2) is 8.38. The van der Waals surface area contributed by atoms with Crippen molar-refractivity contribution in [2.75, 3.05) is 36.5 Å². The van der Waals surface area contributed by atoms with Gasteiger partial charge in [0.1, 0.15) is 17.7 Å². The van der Waals surface area contributed by atoms with E-state index in [1.54, 1.807) is 18.5 Å². The first-order valence-electron chi connectivity index (χ1n) is 11.2. The van der Waals surface area contributed by atoms with Crippen LogP contribution in [0, 0.1) is 12.7 Å². The number of morpholine rings is 1. The van der Waals surface area contributed by atoms with Gasteiger partial charge in [-0.15, -0.1) is 0 Å². The van der Waals surface area contributed by atoms with Crippen molar-refractivity contribution in [1.82, 2.24) is 29.5 Å². The van der Waals surface area contributed by atoms with Crippen LogP contribution in [0.2, 0.25) is 0 Å². The van der Waals surface area contributed by atoms with Crippen LogP contribution >= 0.6 is 0 Å². The summed E-state index contributed by atoms with van der Waals surface area (Å²) in [6, 6.07) is 13.1. The summed E-state index contributed by atoms with van der Waals surface area (Å²) < 4.78 is 21.5. The highest BCUT2D eigenvalue weighted by Crippen LogP contribution is 2.26. The molecule has 1 aliphatic heterocycles. The van der Waals surface area contributed by atoms with Crippen LogP contribution < -0.4 is 10.2 Å². The van der Waals surface area contributed by atoms with Gasteiger partial charge in [-0.25, -0.2) is 14.4 Å². The molecule has 4 heterocycles. The number of nitrogens with zero attached hydrogens (tertiary/aromatic N) is 6. The second-order valence-corrected chi connectivity index (χ2v) is 8.27. The molecular formula is C24H23FN8O. The molecule has 1 fully saturated rings. The number of rotatable bonds is 5. The van der Waals surface area contributed by atoms with Crippen LogP contribution in [0.4, 0.5) is 16.2 Å². The quantitative estimate of drug-likeness (QED) is 0.415. The Labute approximate surface area is 194 Å². The summed E-state index contributed by atoms with van der Waals surface area (Å²) >= 11 is 0. The van der Waals surface area contributed by atoms with Gasteiger partial charge < -0.3 is 19.9 Å². The predicted octanol–water partition coefficient (Wildman–Crippen LogP) is 3.59. The zero-order chi connectivity index (χ0) is 23.1. The molecule has 0 aliphatic carbocycles. The molecule has 0 amide bonds. The normalized spacial score (nSPS) is 14.2. The Kier molecular flexibility index (Phi) is 5.06. The van der Waals surface area contributed by atoms with Gasteiger partial charge >= 0.3 is 0 Å². The van der Waals surface area contributed by atoms with Crippen LogP contribution in [0.25, 0.3) is 27.9 Å². The zero-order valence-electron chi connectivity index (χ0n) is 18.6. The number of fused-ring (bicyclic) bond motifs is 2. The maximum Gasteiger partial charge on any atom is 0.229 e. The highest BCUT2D eigenvalue weighted by Gasteiger charge is 2.20. The highest BCUT2D eigenvalue weighted by molar-refractivity contribution is 5.85. The Hall–Kier alpha value is -4.05. The van der Waals surface area contributed by atoms with Gasteiger partial charge in [-0.1, -0.05) is 18.2 Å². The van der Waals surface area contributed by atoms with Crippen LogP contribution in [-0.4, -0.2) is 55.8 Å². The monoisotopic (exact) mass is 458 g/mol. The molecule has 0 atom stereocenters. The molecule has 34 heavy (non-hydrogen) atoms. The summed E-state index contributed by atoms with van der Waals surface area (Å²) in [6.07, 6.45) is 1.76. The third kappa shape index (κ3) is 3.71. The fraction of sp³-hybridized carbons (Fsp3) is 0.250. The number of hydrogen-bond donors (Lipinski definition) is 2. The van der Waals surface area contributed by atoms with Gasteiger partial charge in [0.2, 0.25) is 5.95 Å². The molecule has 1 saturated heterocycles. The van der Waals surface area contributed by atoms with Gasteiger partial charge in [-0.3, -0.25) is 4.57 Å². The lowest BCUT2D eigenvalue weighted by Crippen LogP contribution is -2.37. The summed E-state index contributed by atoms with van der Waals surface area (Å²) in [4.78, 5) is 24.0. The Morgan fingerprint density at radius 3 is 2.74 bits per heavy atom. The first kappa shape index (κ1) is 20.5. The number of aryl methyl sites for hydroxylation is 1. The number of para-hydroxylation sites is 1. The molecule has 1 aliphatic rings. The van der Waals surface area contributed by atoms with E-state index in [0.717, 1.165) is 11.3 Å². The van der Waals surface area contributed by atoms with E-state index >= 15 is 0 Å². The summed E-state index contributed by atoms with van der Waals surface area (Å²) in [6.45, 7) is 5.08.